The summed E-state index contributed by atoms with van der Waals surface area (Å²) in [6.07, 6.45) is -8.85. The summed E-state index contributed by atoms with van der Waals surface area (Å²) in [5, 5.41) is 0. The molecule has 0 aliphatic rings. The van der Waals surface area contributed by atoms with Crippen LogP contribution in [0.3, 0.4) is 0 Å². The number of nitrogens with two attached hydrogens (primary N) is 2. The molecule has 2 heterocycles. The zero-order valence-electron chi connectivity index (χ0n) is 10.5. The molecular formula is C11H7F6N5. The monoisotopic (exact) mass is 323 g/mol. The van der Waals surface area contributed by atoms with Gasteiger partial charge in [0.15, 0.2) is 17.3 Å². The number of nitrogens with zero attached hydrogens (tertiary/aromatic N) is 3. The fourth-order valence-electron chi connectivity index (χ4n) is 1.53. The lowest BCUT2D eigenvalue weighted by atomic mass is 10.2. The highest BCUT2D eigenvalue weighted by Gasteiger charge is 2.37. The Morgan fingerprint density at radius 3 is 1.95 bits per heavy atom. The van der Waals surface area contributed by atoms with Crippen LogP contribution in [0.1, 0.15) is 11.4 Å². The number of pyridine rings is 1. The van der Waals surface area contributed by atoms with Gasteiger partial charge < -0.3 is 11.5 Å². The minimum Gasteiger partial charge on any atom is -0.394 e. The predicted molar refractivity (Wildman–Crippen MR) is 64.1 cm³/mol. The van der Waals surface area contributed by atoms with E-state index in [2.05, 4.69) is 15.0 Å². The van der Waals surface area contributed by atoms with Crippen molar-refractivity contribution < 1.29 is 26.3 Å². The summed E-state index contributed by atoms with van der Waals surface area (Å²) >= 11 is 0. The van der Waals surface area contributed by atoms with E-state index in [1.54, 1.807) is 0 Å². The molecule has 0 bridgehead atoms. The molecule has 0 saturated heterocycles. The number of hydrogen-bond donors (Lipinski definition) is 2. The average Bonchev–Trinajstić information content (AvgIpc) is 2.39. The zero-order valence-corrected chi connectivity index (χ0v) is 10.5. The minimum atomic E-state index is -4.88. The van der Waals surface area contributed by atoms with Crippen molar-refractivity contribution in [3.8, 4) is 11.4 Å². The number of rotatable bonds is 1. The molecule has 0 aliphatic heterocycles. The first-order valence-corrected chi connectivity index (χ1v) is 5.54. The van der Waals surface area contributed by atoms with Crippen molar-refractivity contribution in [2.24, 2.45) is 0 Å². The maximum Gasteiger partial charge on any atom is 0.435 e. The fraction of sp³-hybridized carbons (Fsp3) is 0.182. The van der Waals surface area contributed by atoms with E-state index in [-0.39, 0.29) is 5.56 Å². The van der Waals surface area contributed by atoms with Crippen molar-refractivity contribution in [1.29, 1.82) is 0 Å². The number of aromatic nitrogens is 3. The summed E-state index contributed by atoms with van der Waals surface area (Å²) in [6.45, 7) is 0. The molecule has 11 heteroatoms. The van der Waals surface area contributed by atoms with Crippen LogP contribution >= 0.6 is 0 Å². The molecule has 2 rings (SSSR count). The third-order valence-corrected chi connectivity index (χ3v) is 2.56. The Kier molecular flexibility index (Phi) is 3.59. The molecule has 0 amide bonds. The van der Waals surface area contributed by atoms with Crippen LogP contribution in [-0.4, -0.2) is 15.0 Å². The summed E-state index contributed by atoms with van der Waals surface area (Å²) in [7, 11) is 0. The van der Waals surface area contributed by atoms with Crippen LogP contribution in [0.5, 0.6) is 0 Å². The molecular weight excluding hydrogens is 316 g/mol. The molecule has 0 fully saturated rings. The maximum atomic E-state index is 12.8. The van der Waals surface area contributed by atoms with E-state index in [1.165, 1.54) is 0 Å². The minimum absolute atomic E-state index is 0.162. The van der Waals surface area contributed by atoms with Gasteiger partial charge in [-0.2, -0.15) is 26.3 Å². The third kappa shape index (κ3) is 3.02. The quantitative estimate of drug-likeness (QED) is 0.788. The first kappa shape index (κ1) is 15.8. The van der Waals surface area contributed by atoms with Gasteiger partial charge in [0.2, 0.25) is 0 Å². The molecule has 4 N–H and O–H groups in total. The summed E-state index contributed by atoms with van der Waals surface area (Å²) in [6, 6.07) is 1.49. The Balaban J connectivity index is 2.52. The van der Waals surface area contributed by atoms with Gasteiger partial charge in [-0.3, -0.25) is 4.98 Å². The van der Waals surface area contributed by atoms with Crippen LogP contribution in [0.25, 0.3) is 11.4 Å². The van der Waals surface area contributed by atoms with Gasteiger partial charge in [-0.05, 0) is 12.1 Å². The Labute approximate surface area is 119 Å². The second-order valence-corrected chi connectivity index (χ2v) is 4.12. The Hall–Kier alpha value is -2.59. The van der Waals surface area contributed by atoms with Crippen molar-refractivity contribution in [3.05, 3.63) is 29.7 Å². The van der Waals surface area contributed by atoms with Gasteiger partial charge in [0.25, 0.3) is 0 Å². The van der Waals surface area contributed by atoms with Crippen LogP contribution in [0.4, 0.5) is 37.8 Å². The number of hydrogen-bond acceptors (Lipinski definition) is 5. The molecule has 22 heavy (non-hydrogen) atoms. The SMILES string of the molecule is Nc1nc(-c2ccc(C(F)(F)F)nc2)nc(C(F)(F)F)c1N. The summed E-state index contributed by atoms with van der Waals surface area (Å²) in [5.41, 5.74) is 6.77. The van der Waals surface area contributed by atoms with Crippen LogP contribution in [0.2, 0.25) is 0 Å². The number of nitrogen functional groups attached to an aromatic ring is 2. The maximum absolute atomic E-state index is 12.8. The van der Waals surface area contributed by atoms with Gasteiger partial charge in [0, 0.05) is 11.8 Å². The highest BCUT2D eigenvalue weighted by Crippen LogP contribution is 2.35. The molecule has 0 saturated carbocycles. The number of alkyl halides is 6. The van der Waals surface area contributed by atoms with Crippen molar-refractivity contribution in [3.63, 3.8) is 0 Å². The van der Waals surface area contributed by atoms with E-state index >= 15 is 0 Å². The van der Waals surface area contributed by atoms with Crippen molar-refractivity contribution in [2.75, 3.05) is 11.5 Å². The molecule has 118 valence electrons. The summed E-state index contributed by atoms with van der Waals surface area (Å²) < 4.78 is 75.4. The fourth-order valence-corrected chi connectivity index (χ4v) is 1.53. The smallest absolute Gasteiger partial charge is 0.394 e. The van der Waals surface area contributed by atoms with Gasteiger partial charge in [0.05, 0.1) is 0 Å². The predicted octanol–water partition coefficient (Wildman–Crippen LogP) is 2.74. The zero-order chi connectivity index (χ0) is 16.7. The van der Waals surface area contributed by atoms with Crippen LogP contribution in [-0.2, 0) is 12.4 Å². The largest absolute Gasteiger partial charge is 0.435 e. The Morgan fingerprint density at radius 1 is 0.864 bits per heavy atom. The Bertz CT molecular complexity index is 692. The van der Waals surface area contributed by atoms with Gasteiger partial charge in [-0.1, -0.05) is 0 Å². The van der Waals surface area contributed by atoms with Gasteiger partial charge in [-0.15, -0.1) is 0 Å². The van der Waals surface area contributed by atoms with Crippen molar-refractivity contribution in [2.45, 2.75) is 12.4 Å². The number of halogens is 6. The van der Waals surface area contributed by atoms with E-state index in [0.29, 0.717) is 12.3 Å². The standard InChI is InChI=1S/C11H7F6N5/c12-10(13,14)5-2-1-4(3-20-5)9-21-7(11(15,16)17)6(18)8(19)22-9/h1-3H,18H2,(H2,19,21,22). The molecule has 0 spiro atoms. The van der Waals surface area contributed by atoms with E-state index in [9.17, 15) is 26.3 Å². The van der Waals surface area contributed by atoms with E-state index in [1.807, 2.05) is 0 Å². The lowest BCUT2D eigenvalue weighted by Crippen LogP contribution is -2.15. The van der Waals surface area contributed by atoms with E-state index < -0.39 is 41.1 Å². The van der Waals surface area contributed by atoms with E-state index in [4.69, 9.17) is 11.5 Å². The molecule has 5 nitrogen and oxygen atoms in total. The van der Waals surface area contributed by atoms with Gasteiger partial charge >= 0.3 is 12.4 Å². The second-order valence-electron chi connectivity index (χ2n) is 4.12. The summed E-state index contributed by atoms with van der Waals surface area (Å²) in [4.78, 5) is 9.85. The van der Waals surface area contributed by atoms with E-state index in [0.717, 1.165) is 6.07 Å². The lowest BCUT2D eigenvalue weighted by molar-refractivity contribution is -0.141. The molecule has 0 aliphatic carbocycles. The molecule has 0 aromatic carbocycles. The third-order valence-electron chi connectivity index (χ3n) is 2.56. The first-order chi connectivity index (χ1) is 10.00. The second kappa shape index (κ2) is 5.00. The molecule has 2 aromatic rings. The van der Waals surface area contributed by atoms with Gasteiger partial charge in [0.1, 0.15) is 11.4 Å². The molecule has 0 unspecified atom stereocenters. The first-order valence-electron chi connectivity index (χ1n) is 5.54. The average molecular weight is 323 g/mol. The van der Waals surface area contributed by atoms with Gasteiger partial charge in [-0.25, -0.2) is 9.97 Å². The molecule has 0 atom stereocenters. The molecule has 0 radical (unpaired) electrons. The highest BCUT2D eigenvalue weighted by molar-refractivity contribution is 5.67. The van der Waals surface area contributed by atoms with Crippen LogP contribution < -0.4 is 11.5 Å². The van der Waals surface area contributed by atoms with Crippen molar-refractivity contribution >= 4 is 11.5 Å². The number of anilines is 2. The van der Waals surface area contributed by atoms with Crippen LogP contribution in [0, 0.1) is 0 Å². The molecule has 2 aromatic heterocycles. The topological polar surface area (TPSA) is 90.7 Å². The van der Waals surface area contributed by atoms with Crippen LogP contribution in [0.15, 0.2) is 18.3 Å². The summed E-state index contributed by atoms with van der Waals surface area (Å²) in [5.74, 6) is -1.16. The normalized spacial score (nSPS) is 12.5. The highest BCUT2D eigenvalue weighted by atomic mass is 19.4. The van der Waals surface area contributed by atoms with Crippen molar-refractivity contribution in [1.82, 2.24) is 15.0 Å². The lowest BCUT2D eigenvalue weighted by Gasteiger charge is -2.12. The Morgan fingerprint density at radius 2 is 1.50 bits per heavy atom.